The van der Waals surface area contributed by atoms with E-state index in [0.29, 0.717) is 13.1 Å². The molecule has 1 saturated carbocycles. The van der Waals surface area contributed by atoms with E-state index in [0.717, 1.165) is 70.0 Å². The van der Waals surface area contributed by atoms with Crippen molar-refractivity contribution in [3.8, 4) is 5.75 Å². The minimum absolute atomic E-state index is 0.120. The van der Waals surface area contributed by atoms with Crippen molar-refractivity contribution < 1.29 is 19.3 Å². The Kier molecular flexibility index (Phi) is 11.1. The van der Waals surface area contributed by atoms with Crippen LogP contribution in [-0.4, -0.2) is 75.8 Å². The zero-order chi connectivity index (χ0) is 21.8. The van der Waals surface area contributed by atoms with Crippen molar-refractivity contribution in [2.45, 2.75) is 58.3 Å². The second-order valence-corrected chi connectivity index (χ2v) is 8.61. The van der Waals surface area contributed by atoms with Gasteiger partial charge in [-0.1, -0.05) is 18.2 Å². The van der Waals surface area contributed by atoms with Crippen LogP contribution >= 0.6 is 0 Å². The Bertz CT molecular complexity index is 580. The molecule has 6 heteroatoms. The zero-order valence-corrected chi connectivity index (χ0v) is 19.4. The van der Waals surface area contributed by atoms with Gasteiger partial charge in [0.1, 0.15) is 5.75 Å². The first kappa shape index (κ1) is 25.1. The predicted molar refractivity (Wildman–Crippen MR) is 121 cm³/mol. The summed E-state index contributed by atoms with van der Waals surface area (Å²) in [4.78, 5) is 2.14. The van der Waals surface area contributed by atoms with Crippen molar-refractivity contribution >= 4 is 0 Å². The van der Waals surface area contributed by atoms with E-state index >= 15 is 0 Å². The molecule has 1 aliphatic carbocycles. The molecule has 2 rings (SSSR count). The Morgan fingerprint density at radius 1 is 1.13 bits per heavy atom. The molecule has 0 bridgehead atoms. The fraction of sp³-hybridized carbons (Fsp3) is 0.750. The monoisotopic (exact) mass is 422 g/mol. The van der Waals surface area contributed by atoms with Crippen LogP contribution in [0.5, 0.6) is 5.75 Å². The Balaban J connectivity index is 1.93. The molecule has 0 aliphatic heterocycles. The quantitative estimate of drug-likeness (QED) is 0.480. The summed E-state index contributed by atoms with van der Waals surface area (Å²) in [5, 5.41) is 13.1. The van der Waals surface area contributed by atoms with E-state index in [1.165, 1.54) is 0 Å². The number of aliphatic hydroxyl groups is 1. The lowest BCUT2D eigenvalue weighted by molar-refractivity contribution is -0.0527. The second-order valence-electron chi connectivity index (χ2n) is 8.61. The summed E-state index contributed by atoms with van der Waals surface area (Å²) in [6, 6.07) is 8.27. The summed E-state index contributed by atoms with van der Waals surface area (Å²) in [6.07, 6.45) is 4.01. The number of likely N-dealkylation sites (N-methyl/N-ethyl adjacent to an activating group) is 2. The Labute approximate surface area is 182 Å². The van der Waals surface area contributed by atoms with Crippen LogP contribution in [0.15, 0.2) is 24.3 Å². The summed E-state index contributed by atoms with van der Waals surface area (Å²) in [6.45, 7) is 9.10. The van der Waals surface area contributed by atoms with Crippen LogP contribution in [0.1, 0.15) is 45.1 Å². The molecule has 2 N–H and O–H groups in total. The number of rotatable bonds is 14. The predicted octanol–water partition coefficient (Wildman–Crippen LogP) is 3.08. The van der Waals surface area contributed by atoms with Crippen LogP contribution in [-0.2, 0) is 16.0 Å². The highest BCUT2D eigenvalue weighted by molar-refractivity contribution is 5.33. The maximum absolute atomic E-state index is 10.0. The molecule has 1 atom stereocenters. The van der Waals surface area contributed by atoms with E-state index in [2.05, 4.69) is 42.3 Å². The number of para-hydroxylation sites is 1. The lowest BCUT2D eigenvalue weighted by atomic mass is 9.74. The van der Waals surface area contributed by atoms with E-state index in [-0.39, 0.29) is 17.6 Å². The number of nitrogens with zero attached hydrogens (tertiary/aromatic N) is 1. The highest BCUT2D eigenvalue weighted by atomic mass is 16.5. The normalized spacial score (nSPS) is 17.9. The van der Waals surface area contributed by atoms with Gasteiger partial charge in [0.05, 0.1) is 25.4 Å². The molecule has 0 amide bonds. The molecule has 30 heavy (non-hydrogen) atoms. The Morgan fingerprint density at radius 3 is 2.37 bits per heavy atom. The molecule has 1 fully saturated rings. The third-order valence-corrected chi connectivity index (χ3v) is 5.89. The largest absolute Gasteiger partial charge is 0.490 e. The standard InChI is InChI=1S/C24H42N2O4/c1-5-28-18-24(19-29-6-2)13-11-22(12-14-24)30-23-10-8-7-9-20(23)16-26(4)17-21(27)15-25-3/h7-10,21-22,25,27H,5-6,11-19H2,1-4H3/t21-/m0/s1. The van der Waals surface area contributed by atoms with E-state index in [4.69, 9.17) is 14.2 Å². The fourth-order valence-electron chi connectivity index (χ4n) is 4.23. The van der Waals surface area contributed by atoms with Gasteiger partial charge in [0.25, 0.3) is 0 Å². The van der Waals surface area contributed by atoms with E-state index in [9.17, 15) is 5.11 Å². The highest BCUT2D eigenvalue weighted by Crippen LogP contribution is 2.39. The van der Waals surface area contributed by atoms with Crippen LogP contribution in [0.3, 0.4) is 0 Å². The lowest BCUT2D eigenvalue weighted by Gasteiger charge is -2.39. The molecule has 0 aromatic heterocycles. The molecular formula is C24H42N2O4. The van der Waals surface area contributed by atoms with Gasteiger partial charge in [0.15, 0.2) is 0 Å². The topological polar surface area (TPSA) is 63.2 Å². The third-order valence-electron chi connectivity index (χ3n) is 5.89. The molecule has 1 aromatic carbocycles. The number of ether oxygens (including phenoxy) is 3. The first-order valence-electron chi connectivity index (χ1n) is 11.4. The number of benzene rings is 1. The summed E-state index contributed by atoms with van der Waals surface area (Å²) in [5.41, 5.74) is 1.28. The Hall–Kier alpha value is -1.18. The number of nitrogens with one attached hydrogen (secondary N) is 1. The summed E-state index contributed by atoms with van der Waals surface area (Å²) in [5.74, 6) is 0.958. The van der Waals surface area contributed by atoms with Gasteiger partial charge >= 0.3 is 0 Å². The van der Waals surface area contributed by atoms with Crippen LogP contribution < -0.4 is 10.1 Å². The highest BCUT2D eigenvalue weighted by Gasteiger charge is 2.36. The van der Waals surface area contributed by atoms with Crippen molar-refractivity contribution in [3.05, 3.63) is 29.8 Å². The molecular weight excluding hydrogens is 380 g/mol. The van der Waals surface area contributed by atoms with Gasteiger partial charge in [-0.3, -0.25) is 4.90 Å². The van der Waals surface area contributed by atoms with Gasteiger partial charge in [-0.2, -0.15) is 0 Å². The summed E-state index contributed by atoms with van der Waals surface area (Å²) in [7, 11) is 3.89. The minimum Gasteiger partial charge on any atom is -0.490 e. The van der Waals surface area contributed by atoms with Gasteiger partial charge in [-0.05, 0) is 59.7 Å². The molecule has 0 saturated heterocycles. The molecule has 0 radical (unpaired) electrons. The van der Waals surface area contributed by atoms with Crippen molar-refractivity contribution in [2.75, 3.05) is 53.6 Å². The molecule has 1 aliphatic rings. The van der Waals surface area contributed by atoms with Crippen LogP contribution in [0, 0.1) is 5.41 Å². The maximum atomic E-state index is 10.0. The fourth-order valence-corrected chi connectivity index (χ4v) is 4.23. The first-order valence-corrected chi connectivity index (χ1v) is 11.4. The van der Waals surface area contributed by atoms with Crippen molar-refractivity contribution in [2.24, 2.45) is 5.41 Å². The average Bonchev–Trinajstić information content (AvgIpc) is 2.74. The SMILES string of the molecule is CCOCC1(COCC)CCC(Oc2ccccc2CN(C)C[C@@H](O)CNC)CC1. The smallest absolute Gasteiger partial charge is 0.124 e. The summed E-state index contributed by atoms with van der Waals surface area (Å²) >= 11 is 0. The molecule has 172 valence electrons. The van der Waals surface area contributed by atoms with Crippen LogP contribution in [0.25, 0.3) is 0 Å². The molecule has 6 nitrogen and oxygen atoms in total. The molecule has 1 aromatic rings. The van der Waals surface area contributed by atoms with Crippen molar-refractivity contribution in [1.29, 1.82) is 0 Å². The third kappa shape index (κ3) is 8.16. The zero-order valence-electron chi connectivity index (χ0n) is 19.4. The van der Waals surface area contributed by atoms with Crippen molar-refractivity contribution in [3.63, 3.8) is 0 Å². The number of hydrogen-bond donors (Lipinski definition) is 2. The number of aliphatic hydroxyl groups excluding tert-OH is 1. The Morgan fingerprint density at radius 2 is 1.77 bits per heavy atom. The molecule has 0 unspecified atom stereocenters. The second kappa shape index (κ2) is 13.3. The molecule has 0 spiro atoms. The molecule has 0 heterocycles. The first-order chi connectivity index (χ1) is 14.5. The average molecular weight is 423 g/mol. The van der Waals surface area contributed by atoms with E-state index in [1.54, 1.807) is 0 Å². The van der Waals surface area contributed by atoms with Gasteiger partial charge in [-0.25, -0.2) is 0 Å². The van der Waals surface area contributed by atoms with Crippen molar-refractivity contribution in [1.82, 2.24) is 10.2 Å². The minimum atomic E-state index is -0.379. The maximum Gasteiger partial charge on any atom is 0.124 e. The lowest BCUT2D eigenvalue weighted by Crippen LogP contribution is -2.39. The van der Waals surface area contributed by atoms with Gasteiger partial charge < -0.3 is 24.6 Å². The van der Waals surface area contributed by atoms with Gasteiger partial charge in [0.2, 0.25) is 0 Å². The van der Waals surface area contributed by atoms with Gasteiger partial charge in [-0.15, -0.1) is 0 Å². The van der Waals surface area contributed by atoms with Crippen LogP contribution in [0.2, 0.25) is 0 Å². The van der Waals surface area contributed by atoms with E-state index in [1.807, 2.05) is 20.2 Å². The van der Waals surface area contributed by atoms with Gasteiger partial charge in [0, 0.05) is 43.8 Å². The van der Waals surface area contributed by atoms with E-state index < -0.39 is 0 Å². The number of hydrogen-bond acceptors (Lipinski definition) is 6. The van der Waals surface area contributed by atoms with Crippen LogP contribution in [0.4, 0.5) is 0 Å². The summed E-state index contributed by atoms with van der Waals surface area (Å²) < 4.78 is 18.0.